The zero-order chi connectivity index (χ0) is 35.0. The minimum absolute atomic E-state index is 0.0305. The molecular formula is C32H37F4N5O6. The van der Waals surface area contributed by atoms with Crippen LogP contribution in [-0.2, 0) is 28.8 Å². The first-order valence-electron chi connectivity index (χ1n) is 14.8. The molecule has 1 aliphatic heterocycles. The molecule has 0 unspecified atom stereocenters. The number of likely N-dealkylation sites (tertiary alicyclic amines) is 1. The highest BCUT2D eigenvalue weighted by atomic mass is 19.4. The molecule has 0 aliphatic carbocycles. The minimum atomic E-state index is -4.77. The minimum Gasteiger partial charge on any atom is -0.480 e. The molecule has 0 saturated carbocycles. The number of hydrogen-bond acceptors (Lipinski definition) is 7. The molecule has 0 spiro atoms. The van der Waals surface area contributed by atoms with E-state index in [0.29, 0.717) is 5.69 Å². The normalized spacial score (nSPS) is 17.0. The lowest BCUT2D eigenvalue weighted by atomic mass is 10.0. The third-order valence-corrected chi connectivity index (χ3v) is 7.90. The first-order chi connectivity index (χ1) is 21.8. The van der Waals surface area contributed by atoms with Gasteiger partial charge in [-0.3, -0.25) is 19.0 Å². The van der Waals surface area contributed by atoms with Gasteiger partial charge in [0.25, 0.3) is 11.5 Å². The van der Waals surface area contributed by atoms with Gasteiger partial charge in [-0.05, 0) is 76.1 Å². The Balaban J connectivity index is 1.51. The quantitative estimate of drug-likeness (QED) is 0.356. The number of amides is 2. The van der Waals surface area contributed by atoms with Crippen molar-refractivity contribution in [2.24, 2.45) is 0 Å². The van der Waals surface area contributed by atoms with Crippen molar-refractivity contribution >= 4 is 34.6 Å². The fourth-order valence-electron chi connectivity index (χ4n) is 5.51. The Kier molecular flexibility index (Phi) is 9.88. The van der Waals surface area contributed by atoms with Crippen LogP contribution in [0.25, 0.3) is 10.9 Å². The van der Waals surface area contributed by atoms with Gasteiger partial charge in [0.2, 0.25) is 0 Å². The van der Waals surface area contributed by atoms with Gasteiger partial charge in [-0.1, -0.05) is 0 Å². The first kappa shape index (κ1) is 35.2. The Labute approximate surface area is 268 Å². The van der Waals surface area contributed by atoms with Crippen molar-refractivity contribution in [3.63, 3.8) is 0 Å². The highest BCUT2D eigenvalue weighted by Gasteiger charge is 2.38. The van der Waals surface area contributed by atoms with Crippen LogP contribution in [0.4, 0.5) is 28.0 Å². The SMILES string of the molecule is Cc1nc2cc(C(F)(F)F)c(CN(C)c3ccc(C(=O)N4CC[C@H](N(C)C(=O)OC(C)(C)C)[C@@H](F)C4)cc3)cc2c(=O)n1CC(=O)O. The molecule has 4 rings (SSSR count). The highest BCUT2D eigenvalue weighted by Crippen LogP contribution is 2.35. The molecule has 15 heteroatoms. The van der Waals surface area contributed by atoms with Gasteiger partial charge in [0, 0.05) is 38.4 Å². The van der Waals surface area contributed by atoms with Gasteiger partial charge in [0.15, 0.2) is 0 Å². The standard InChI is InChI=1S/C32H37F4N5O6/c1-18-37-25-14-23(32(34,35)36)20(13-22(25)29(45)41(18)17-27(42)43)15-38(5)21-9-7-19(8-10-21)28(44)40-12-11-26(24(33)16-40)39(6)30(46)47-31(2,3)4/h7-10,13-14,24,26H,11-12,15-17H2,1-6H3,(H,42,43)/t24-,26-/m0/s1. The van der Waals surface area contributed by atoms with Crippen LogP contribution in [0.3, 0.4) is 0 Å². The van der Waals surface area contributed by atoms with E-state index in [1.54, 1.807) is 32.9 Å². The van der Waals surface area contributed by atoms with Crippen molar-refractivity contribution in [3.05, 3.63) is 69.3 Å². The second-order valence-electron chi connectivity index (χ2n) is 12.6. The maximum absolute atomic E-state index is 15.2. The number of ether oxygens (including phenoxy) is 1. The number of aromatic nitrogens is 2. The molecule has 2 aromatic carbocycles. The molecule has 1 aliphatic rings. The number of halogens is 4. The van der Waals surface area contributed by atoms with Crippen LogP contribution in [0.2, 0.25) is 0 Å². The number of carboxylic acids is 1. The predicted molar refractivity (Wildman–Crippen MR) is 165 cm³/mol. The highest BCUT2D eigenvalue weighted by molar-refractivity contribution is 5.94. The van der Waals surface area contributed by atoms with Gasteiger partial charge in [-0.2, -0.15) is 13.2 Å². The van der Waals surface area contributed by atoms with E-state index in [1.165, 1.54) is 47.9 Å². The molecule has 2 heterocycles. The van der Waals surface area contributed by atoms with E-state index in [9.17, 15) is 32.3 Å². The van der Waals surface area contributed by atoms with Crippen molar-refractivity contribution in [3.8, 4) is 0 Å². The lowest BCUT2D eigenvalue weighted by Crippen LogP contribution is -2.54. The molecule has 1 fully saturated rings. The van der Waals surface area contributed by atoms with E-state index >= 15 is 4.39 Å². The van der Waals surface area contributed by atoms with Crippen molar-refractivity contribution in [1.82, 2.24) is 19.4 Å². The summed E-state index contributed by atoms with van der Waals surface area (Å²) in [5, 5.41) is 9.01. The van der Waals surface area contributed by atoms with Crippen LogP contribution >= 0.6 is 0 Å². The number of nitrogens with zero attached hydrogens (tertiary/aromatic N) is 5. The lowest BCUT2D eigenvalue weighted by Gasteiger charge is -2.39. The molecule has 0 bridgehead atoms. The molecule has 1 N–H and O–H groups in total. The van der Waals surface area contributed by atoms with Crippen LogP contribution in [0, 0.1) is 6.92 Å². The molecule has 3 aromatic rings. The molecule has 47 heavy (non-hydrogen) atoms. The zero-order valence-corrected chi connectivity index (χ0v) is 26.9. The van der Waals surface area contributed by atoms with Crippen molar-refractivity contribution < 1.29 is 41.8 Å². The Morgan fingerprint density at radius 2 is 1.72 bits per heavy atom. The molecule has 1 saturated heterocycles. The van der Waals surface area contributed by atoms with Crippen molar-refractivity contribution in [2.45, 2.75) is 71.2 Å². The molecule has 11 nitrogen and oxygen atoms in total. The summed E-state index contributed by atoms with van der Waals surface area (Å²) < 4.78 is 63.7. The number of alkyl halides is 4. The lowest BCUT2D eigenvalue weighted by molar-refractivity contribution is -0.138. The summed E-state index contributed by atoms with van der Waals surface area (Å²) in [5.41, 5.74) is -2.24. The third-order valence-electron chi connectivity index (χ3n) is 7.90. The average molecular weight is 664 g/mol. The van der Waals surface area contributed by atoms with E-state index in [1.807, 2.05) is 0 Å². The maximum Gasteiger partial charge on any atom is 0.416 e. The van der Waals surface area contributed by atoms with E-state index in [-0.39, 0.29) is 53.9 Å². The van der Waals surface area contributed by atoms with E-state index < -0.39 is 59.6 Å². The van der Waals surface area contributed by atoms with Gasteiger partial charge in [-0.25, -0.2) is 14.2 Å². The number of benzene rings is 2. The summed E-state index contributed by atoms with van der Waals surface area (Å²) in [6.45, 7) is 5.46. The number of carbonyl (C=O) groups excluding carboxylic acids is 2. The summed E-state index contributed by atoms with van der Waals surface area (Å²) in [6.07, 6.45) is -6.73. The van der Waals surface area contributed by atoms with E-state index in [0.717, 1.165) is 16.7 Å². The molecule has 1 aromatic heterocycles. The summed E-state index contributed by atoms with van der Waals surface area (Å²) in [7, 11) is 3.00. The van der Waals surface area contributed by atoms with Gasteiger partial charge in [0.05, 0.1) is 29.1 Å². The largest absolute Gasteiger partial charge is 0.480 e. The third kappa shape index (κ3) is 8.00. The fourth-order valence-corrected chi connectivity index (χ4v) is 5.51. The summed E-state index contributed by atoms with van der Waals surface area (Å²) >= 11 is 0. The first-order valence-corrected chi connectivity index (χ1v) is 14.8. The number of hydrogen-bond donors (Lipinski definition) is 1. The Morgan fingerprint density at radius 3 is 2.28 bits per heavy atom. The summed E-state index contributed by atoms with van der Waals surface area (Å²) in [5.74, 6) is -1.77. The van der Waals surface area contributed by atoms with Crippen LogP contribution < -0.4 is 10.5 Å². The maximum atomic E-state index is 15.2. The molecule has 254 valence electrons. The Hall–Kier alpha value is -4.69. The number of aliphatic carboxylic acids is 1. The van der Waals surface area contributed by atoms with Gasteiger partial charge in [0.1, 0.15) is 24.1 Å². The number of carboxylic acid groups (broad SMARTS) is 1. The van der Waals surface area contributed by atoms with Crippen molar-refractivity contribution in [1.29, 1.82) is 0 Å². The van der Waals surface area contributed by atoms with E-state index in [4.69, 9.17) is 9.84 Å². The molecule has 2 atom stereocenters. The smallest absolute Gasteiger partial charge is 0.416 e. The van der Waals surface area contributed by atoms with Crippen molar-refractivity contribution in [2.75, 3.05) is 32.1 Å². The van der Waals surface area contributed by atoms with Gasteiger partial charge < -0.3 is 24.5 Å². The average Bonchev–Trinajstić information content (AvgIpc) is 2.97. The summed E-state index contributed by atoms with van der Waals surface area (Å²) in [6, 6.07) is 7.17. The van der Waals surface area contributed by atoms with Crippen LogP contribution in [0.15, 0.2) is 41.2 Å². The second kappa shape index (κ2) is 13.2. The number of aryl methyl sites for hydroxylation is 1. The predicted octanol–water partition coefficient (Wildman–Crippen LogP) is 4.86. The number of anilines is 1. The number of piperidine rings is 1. The van der Waals surface area contributed by atoms with Gasteiger partial charge >= 0.3 is 18.2 Å². The zero-order valence-electron chi connectivity index (χ0n) is 26.9. The molecule has 2 amide bonds. The number of rotatable bonds is 7. The summed E-state index contributed by atoms with van der Waals surface area (Å²) in [4.78, 5) is 57.9. The Morgan fingerprint density at radius 1 is 1.09 bits per heavy atom. The Bertz CT molecular complexity index is 1740. The molecular weight excluding hydrogens is 626 g/mol. The van der Waals surface area contributed by atoms with E-state index in [2.05, 4.69) is 4.98 Å². The monoisotopic (exact) mass is 663 g/mol. The second-order valence-corrected chi connectivity index (χ2v) is 12.6. The number of carbonyl (C=O) groups is 3. The fraction of sp³-hybridized carbons (Fsp3) is 0.469. The van der Waals surface area contributed by atoms with Gasteiger partial charge in [-0.15, -0.1) is 0 Å². The number of fused-ring (bicyclic) bond motifs is 1. The van der Waals surface area contributed by atoms with Crippen LogP contribution in [0.5, 0.6) is 0 Å². The van der Waals surface area contributed by atoms with Crippen LogP contribution in [0.1, 0.15) is 54.5 Å². The molecule has 0 radical (unpaired) electrons. The topological polar surface area (TPSA) is 125 Å². The van der Waals surface area contributed by atoms with Crippen LogP contribution in [-0.4, -0.2) is 87.4 Å².